The van der Waals surface area contributed by atoms with E-state index >= 15 is 0 Å². The predicted molar refractivity (Wildman–Crippen MR) is 78.9 cm³/mol. The van der Waals surface area contributed by atoms with Crippen LogP contribution in [-0.4, -0.2) is 40.1 Å². The Morgan fingerprint density at radius 2 is 2.10 bits per heavy atom. The standard InChI is InChI=1S/C12H19N3O5S/c1-3-13-11-9-10(5-6-12(11)15(16)17)21(18,19)14-7-4-8-20-2/h5-6,9,13-14H,3-4,7-8H2,1-2H3. The Morgan fingerprint density at radius 1 is 1.38 bits per heavy atom. The quantitative estimate of drug-likeness (QED) is 0.404. The molecule has 0 aromatic heterocycles. The van der Waals surface area contributed by atoms with E-state index in [0.717, 1.165) is 0 Å². The molecule has 0 saturated heterocycles. The lowest BCUT2D eigenvalue weighted by Gasteiger charge is -2.09. The predicted octanol–water partition coefficient (Wildman–Crippen LogP) is 1.34. The highest BCUT2D eigenvalue weighted by molar-refractivity contribution is 7.89. The van der Waals surface area contributed by atoms with Crippen molar-refractivity contribution >= 4 is 21.4 Å². The van der Waals surface area contributed by atoms with Crippen LogP contribution in [0.3, 0.4) is 0 Å². The van der Waals surface area contributed by atoms with Gasteiger partial charge >= 0.3 is 0 Å². The van der Waals surface area contributed by atoms with Gasteiger partial charge in [0.2, 0.25) is 10.0 Å². The maximum absolute atomic E-state index is 12.1. The van der Waals surface area contributed by atoms with Crippen LogP contribution in [0, 0.1) is 10.1 Å². The summed E-state index contributed by atoms with van der Waals surface area (Å²) in [5.41, 5.74) is 0.0254. The fraction of sp³-hybridized carbons (Fsp3) is 0.500. The molecule has 0 aliphatic carbocycles. The molecule has 1 aromatic carbocycles. The van der Waals surface area contributed by atoms with Crippen LogP contribution in [0.15, 0.2) is 23.1 Å². The van der Waals surface area contributed by atoms with Gasteiger partial charge in [-0.2, -0.15) is 0 Å². The molecule has 8 nitrogen and oxygen atoms in total. The van der Waals surface area contributed by atoms with E-state index in [1.807, 2.05) is 0 Å². The van der Waals surface area contributed by atoms with Crippen LogP contribution in [0.1, 0.15) is 13.3 Å². The van der Waals surface area contributed by atoms with Crippen LogP contribution in [0.4, 0.5) is 11.4 Å². The maximum Gasteiger partial charge on any atom is 0.292 e. The molecule has 0 spiro atoms. The Morgan fingerprint density at radius 3 is 2.67 bits per heavy atom. The van der Waals surface area contributed by atoms with Crippen molar-refractivity contribution in [2.75, 3.05) is 32.1 Å². The molecule has 0 bridgehead atoms. The first-order valence-corrected chi connectivity index (χ1v) is 7.91. The molecular formula is C12H19N3O5S. The molecule has 0 saturated carbocycles. The van der Waals surface area contributed by atoms with Gasteiger partial charge in [0.15, 0.2) is 0 Å². The van der Waals surface area contributed by atoms with Crippen molar-refractivity contribution in [3.63, 3.8) is 0 Å². The average molecular weight is 317 g/mol. The highest BCUT2D eigenvalue weighted by Gasteiger charge is 2.19. The number of ether oxygens (including phenoxy) is 1. The summed E-state index contributed by atoms with van der Waals surface area (Å²) in [6.07, 6.45) is 0.544. The number of hydrogen-bond donors (Lipinski definition) is 2. The second-order valence-electron chi connectivity index (χ2n) is 4.21. The van der Waals surface area contributed by atoms with Gasteiger partial charge < -0.3 is 10.1 Å². The molecule has 0 aliphatic heterocycles. The fourth-order valence-electron chi connectivity index (χ4n) is 1.68. The lowest BCUT2D eigenvalue weighted by atomic mass is 10.2. The molecule has 0 atom stereocenters. The number of benzene rings is 1. The summed E-state index contributed by atoms with van der Waals surface area (Å²) in [6.45, 7) is 2.91. The van der Waals surface area contributed by atoms with E-state index in [0.29, 0.717) is 19.6 Å². The molecule has 1 aromatic rings. The number of anilines is 1. The summed E-state index contributed by atoms with van der Waals surface area (Å²) in [4.78, 5) is 10.3. The highest BCUT2D eigenvalue weighted by Crippen LogP contribution is 2.27. The molecule has 0 aliphatic rings. The Labute approximate surface area is 123 Å². The lowest BCUT2D eigenvalue weighted by molar-refractivity contribution is -0.384. The monoisotopic (exact) mass is 317 g/mol. The number of nitro groups is 1. The van der Waals surface area contributed by atoms with Crippen molar-refractivity contribution < 1.29 is 18.1 Å². The number of nitrogens with zero attached hydrogens (tertiary/aromatic N) is 1. The van der Waals surface area contributed by atoms with Crippen molar-refractivity contribution in [1.82, 2.24) is 4.72 Å². The van der Waals surface area contributed by atoms with E-state index in [4.69, 9.17) is 4.74 Å². The SMILES string of the molecule is CCNc1cc(S(=O)(=O)NCCCOC)ccc1[N+](=O)[O-]. The zero-order valence-electron chi connectivity index (χ0n) is 12.0. The number of nitrogens with one attached hydrogen (secondary N) is 2. The highest BCUT2D eigenvalue weighted by atomic mass is 32.2. The molecule has 0 radical (unpaired) electrons. The maximum atomic E-state index is 12.1. The Hall–Kier alpha value is -1.71. The van der Waals surface area contributed by atoms with Gasteiger partial charge in [0, 0.05) is 32.9 Å². The minimum absolute atomic E-state index is 0.0125. The minimum Gasteiger partial charge on any atom is -0.385 e. The van der Waals surface area contributed by atoms with Gasteiger partial charge in [0.1, 0.15) is 5.69 Å². The summed E-state index contributed by atoms with van der Waals surface area (Å²) >= 11 is 0. The van der Waals surface area contributed by atoms with Gasteiger partial charge in [-0.05, 0) is 25.5 Å². The summed E-state index contributed by atoms with van der Waals surface area (Å²) < 4.78 is 31.4. The topological polar surface area (TPSA) is 111 Å². The molecular weight excluding hydrogens is 298 g/mol. The number of hydrogen-bond acceptors (Lipinski definition) is 6. The van der Waals surface area contributed by atoms with E-state index in [2.05, 4.69) is 10.0 Å². The molecule has 0 fully saturated rings. The Balaban J connectivity index is 2.96. The van der Waals surface area contributed by atoms with Crippen LogP contribution < -0.4 is 10.0 Å². The molecule has 2 N–H and O–H groups in total. The van der Waals surface area contributed by atoms with E-state index in [1.165, 1.54) is 25.3 Å². The molecule has 118 valence electrons. The van der Waals surface area contributed by atoms with E-state index in [1.54, 1.807) is 6.92 Å². The third kappa shape index (κ3) is 4.96. The van der Waals surface area contributed by atoms with Crippen LogP contribution >= 0.6 is 0 Å². The zero-order valence-corrected chi connectivity index (χ0v) is 12.8. The third-order valence-electron chi connectivity index (χ3n) is 2.66. The average Bonchev–Trinajstić information content (AvgIpc) is 2.43. The van der Waals surface area contributed by atoms with Crippen LogP contribution in [-0.2, 0) is 14.8 Å². The first kappa shape index (κ1) is 17.3. The van der Waals surface area contributed by atoms with E-state index in [9.17, 15) is 18.5 Å². The van der Waals surface area contributed by atoms with Crippen molar-refractivity contribution in [2.24, 2.45) is 0 Å². The van der Waals surface area contributed by atoms with E-state index < -0.39 is 14.9 Å². The second kappa shape index (κ2) is 7.91. The summed E-state index contributed by atoms with van der Waals surface area (Å²) in [5.74, 6) is 0. The second-order valence-corrected chi connectivity index (χ2v) is 5.98. The molecule has 0 amide bonds. The van der Waals surface area contributed by atoms with Crippen LogP contribution in [0.25, 0.3) is 0 Å². The lowest BCUT2D eigenvalue weighted by Crippen LogP contribution is -2.25. The first-order chi connectivity index (χ1) is 9.92. The van der Waals surface area contributed by atoms with Crippen LogP contribution in [0.5, 0.6) is 0 Å². The van der Waals surface area contributed by atoms with Crippen molar-refractivity contribution in [1.29, 1.82) is 0 Å². The summed E-state index contributed by atoms with van der Waals surface area (Å²) in [5, 5.41) is 13.7. The normalized spacial score (nSPS) is 11.3. The van der Waals surface area contributed by atoms with Gasteiger partial charge in [0.25, 0.3) is 5.69 Å². The smallest absolute Gasteiger partial charge is 0.292 e. The van der Waals surface area contributed by atoms with Crippen molar-refractivity contribution in [3.8, 4) is 0 Å². The van der Waals surface area contributed by atoms with E-state index in [-0.39, 0.29) is 22.8 Å². The summed E-state index contributed by atoms with van der Waals surface area (Å²) in [7, 11) is -2.16. The Bertz CT molecular complexity index is 589. The van der Waals surface area contributed by atoms with Crippen LogP contribution in [0.2, 0.25) is 0 Å². The molecule has 1 rings (SSSR count). The van der Waals surface area contributed by atoms with Gasteiger partial charge in [-0.25, -0.2) is 13.1 Å². The fourth-order valence-corrected chi connectivity index (χ4v) is 2.78. The molecule has 0 heterocycles. The van der Waals surface area contributed by atoms with Crippen molar-refractivity contribution in [3.05, 3.63) is 28.3 Å². The first-order valence-electron chi connectivity index (χ1n) is 6.43. The summed E-state index contributed by atoms with van der Waals surface area (Å²) in [6, 6.07) is 3.67. The molecule has 21 heavy (non-hydrogen) atoms. The molecule has 9 heteroatoms. The number of sulfonamides is 1. The number of methoxy groups -OCH3 is 1. The number of nitro benzene ring substituents is 1. The Kier molecular flexibility index (Phi) is 6.53. The van der Waals surface area contributed by atoms with Gasteiger partial charge in [-0.3, -0.25) is 10.1 Å². The number of rotatable bonds is 9. The third-order valence-corrected chi connectivity index (χ3v) is 4.12. The molecule has 0 unspecified atom stereocenters. The zero-order chi connectivity index (χ0) is 15.9. The van der Waals surface area contributed by atoms with Gasteiger partial charge in [-0.1, -0.05) is 0 Å². The van der Waals surface area contributed by atoms with Crippen molar-refractivity contribution in [2.45, 2.75) is 18.2 Å². The largest absolute Gasteiger partial charge is 0.385 e. The minimum atomic E-state index is -3.69. The van der Waals surface area contributed by atoms with Gasteiger partial charge in [-0.15, -0.1) is 0 Å². The van der Waals surface area contributed by atoms with Gasteiger partial charge in [0.05, 0.1) is 9.82 Å².